The van der Waals surface area contributed by atoms with E-state index in [2.05, 4.69) is 18.8 Å². The first kappa shape index (κ1) is 18.2. The number of hydrogen-bond acceptors (Lipinski definition) is 3. The molecule has 5 nitrogen and oxygen atoms in total. The number of rotatable bonds is 3. The van der Waals surface area contributed by atoms with Crippen LogP contribution in [0.3, 0.4) is 0 Å². The van der Waals surface area contributed by atoms with Crippen molar-refractivity contribution in [2.45, 2.75) is 32.1 Å². The Morgan fingerprint density at radius 2 is 1.78 bits per heavy atom. The smallest absolute Gasteiger partial charge is 0.243 e. The van der Waals surface area contributed by atoms with Crippen LogP contribution in [0.4, 0.5) is 0 Å². The average Bonchev–Trinajstić information content (AvgIpc) is 3.04. The molecular weight excluding hydrogens is 358 g/mol. The highest BCUT2D eigenvalue weighted by Gasteiger charge is 2.31. The Kier molecular flexibility index (Phi) is 4.56. The molecule has 6 heteroatoms. The monoisotopic (exact) mass is 383 g/mol. The van der Waals surface area contributed by atoms with Gasteiger partial charge in [0, 0.05) is 31.0 Å². The van der Waals surface area contributed by atoms with Crippen LogP contribution >= 0.6 is 0 Å². The molecule has 0 radical (unpaired) electrons. The lowest BCUT2D eigenvalue weighted by molar-refractivity contribution is 0.222. The third-order valence-electron chi connectivity index (χ3n) is 5.20. The highest BCUT2D eigenvalue weighted by atomic mass is 32.2. The summed E-state index contributed by atoms with van der Waals surface area (Å²) in [6.45, 7) is 7.45. The van der Waals surface area contributed by atoms with Gasteiger partial charge in [0.15, 0.2) is 0 Å². The van der Waals surface area contributed by atoms with E-state index >= 15 is 0 Å². The molecule has 0 aliphatic carbocycles. The van der Waals surface area contributed by atoms with Gasteiger partial charge in [0.1, 0.15) is 5.65 Å². The minimum absolute atomic E-state index is 0.342. The number of fused-ring (bicyclic) bond motifs is 1. The molecule has 3 heterocycles. The summed E-state index contributed by atoms with van der Waals surface area (Å²) >= 11 is 0. The van der Waals surface area contributed by atoms with Crippen molar-refractivity contribution in [3.63, 3.8) is 0 Å². The molecule has 1 aliphatic rings. The van der Waals surface area contributed by atoms with Crippen LogP contribution in [0.25, 0.3) is 16.9 Å². The fourth-order valence-electron chi connectivity index (χ4n) is 4.01. The fourth-order valence-corrected chi connectivity index (χ4v) is 5.74. The number of aromatic nitrogens is 2. The third kappa shape index (κ3) is 3.51. The van der Waals surface area contributed by atoms with Gasteiger partial charge in [-0.2, -0.15) is 4.31 Å². The standard InChI is InChI=1S/C21H25N3O2S/c1-15-7-8-21-22-20(14-23(21)11-15)18-5-4-6-19(10-18)27(25,26)24-12-16(2)9-17(3)13-24/h4-8,10-11,14,16-17H,9,12-13H2,1-3H3/t16-,17-/m0/s1. The SMILES string of the molecule is Cc1ccc2nc(-c3cccc(S(=O)(=O)N4C[C@@H](C)C[C@H](C)C4)c3)cn2c1. The van der Waals surface area contributed by atoms with E-state index in [-0.39, 0.29) is 0 Å². The number of hydrogen-bond donors (Lipinski definition) is 0. The molecule has 0 spiro atoms. The second-order valence-corrected chi connectivity index (χ2v) is 9.83. The Labute approximate surface area is 160 Å². The molecule has 1 aliphatic heterocycles. The van der Waals surface area contributed by atoms with Gasteiger partial charge >= 0.3 is 0 Å². The van der Waals surface area contributed by atoms with Crippen molar-refractivity contribution in [1.82, 2.24) is 13.7 Å². The maximum absolute atomic E-state index is 13.2. The molecule has 1 saturated heterocycles. The van der Waals surface area contributed by atoms with E-state index in [4.69, 9.17) is 0 Å². The van der Waals surface area contributed by atoms with Crippen molar-refractivity contribution in [3.05, 3.63) is 54.4 Å². The van der Waals surface area contributed by atoms with E-state index < -0.39 is 10.0 Å². The van der Waals surface area contributed by atoms with Crippen LogP contribution in [0.2, 0.25) is 0 Å². The summed E-state index contributed by atoms with van der Waals surface area (Å²) in [5.74, 6) is 0.766. The lowest BCUT2D eigenvalue weighted by Crippen LogP contribution is -2.42. The van der Waals surface area contributed by atoms with Crippen LogP contribution in [0.5, 0.6) is 0 Å². The van der Waals surface area contributed by atoms with Gasteiger partial charge in [-0.3, -0.25) is 0 Å². The van der Waals surface area contributed by atoms with Gasteiger partial charge in [0.05, 0.1) is 10.6 Å². The van der Waals surface area contributed by atoms with Crippen molar-refractivity contribution in [1.29, 1.82) is 0 Å². The van der Waals surface area contributed by atoms with Crippen molar-refractivity contribution in [3.8, 4) is 11.3 Å². The van der Waals surface area contributed by atoms with Crippen LogP contribution in [-0.4, -0.2) is 35.2 Å². The summed E-state index contributed by atoms with van der Waals surface area (Å²) in [5.41, 5.74) is 3.59. The van der Waals surface area contributed by atoms with Crippen molar-refractivity contribution in [2.24, 2.45) is 11.8 Å². The summed E-state index contributed by atoms with van der Waals surface area (Å²) in [6.07, 6.45) is 5.04. The minimum atomic E-state index is -3.50. The predicted octanol–water partition coefficient (Wildman–Crippen LogP) is 3.98. The molecule has 2 aromatic heterocycles. The molecule has 1 fully saturated rings. The zero-order valence-electron chi connectivity index (χ0n) is 16.0. The van der Waals surface area contributed by atoms with Crippen LogP contribution in [-0.2, 0) is 10.0 Å². The molecule has 0 saturated carbocycles. The van der Waals surface area contributed by atoms with E-state index in [1.54, 1.807) is 22.5 Å². The van der Waals surface area contributed by atoms with Crippen LogP contribution in [0.1, 0.15) is 25.8 Å². The number of nitrogens with zero attached hydrogens (tertiary/aromatic N) is 3. The molecule has 0 unspecified atom stereocenters. The number of pyridine rings is 1. The van der Waals surface area contributed by atoms with E-state index in [1.165, 1.54) is 0 Å². The predicted molar refractivity (Wildman–Crippen MR) is 107 cm³/mol. The number of piperidine rings is 1. The zero-order chi connectivity index (χ0) is 19.2. The number of sulfonamides is 1. The number of imidazole rings is 1. The highest BCUT2D eigenvalue weighted by Crippen LogP contribution is 2.29. The van der Waals surface area contributed by atoms with E-state index in [1.807, 2.05) is 41.9 Å². The Bertz CT molecular complexity index is 1080. The summed E-state index contributed by atoms with van der Waals surface area (Å²) < 4.78 is 30.0. The van der Waals surface area contributed by atoms with Crippen molar-refractivity contribution in [2.75, 3.05) is 13.1 Å². The van der Waals surface area contributed by atoms with Gasteiger partial charge in [-0.15, -0.1) is 0 Å². The van der Waals surface area contributed by atoms with Gasteiger partial charge in [-0.25, -0.2) is 13.4 Å². The first-order valence-electron chi connectivity index (χ1n) is 9.39. The molecular formula is C21H25N3O2S. The molecule has 2 atom stereocenters. The van der Waals surface area contributed by atoms with Crippen molar-refractivity contribution >= 4 is 15.7 Å². The first-order valence-corrected chi connectivity index (χ1v) is 10.8. The molecule has 142 valence electrons. The summed E-state index contributed by atoms with van der Waals surface area (Å²) in [6, 6.07) is 11.1. The van der Waals surface area contributed by atoms with Crippen LogP contribution in [0, 0.1) is 18.8 Å². The largest absolute Gasteiger partial charge is 0.306 e. The molecule has 0 bridgehead atoms. The number of aryl methyl sites for hydroxylation is 1. The molecule has 1 aromatic carbocycles. The first-order chi connectivity index (χ1) is 12.8. The minimum Gasteiger partial charge on any atom is -0.306 e. The van der Waals surface area contributed by atoms with Gasteiger partial charge < -0.3 is 4.40 Å². The molecule has 3 aromatic rings. The van der Waals surface area contributed by atoms with E-state index in [9.17, 15) is 8.42 Å². The van der Waals surface area contributed by atoms with Crippen LogP contribution < -0.4 is 0 Å². The highest BCUT2D eigenvalue weighted by molar-refractivity contribution is 7.89. The van der Waals surface area contributed by atoms with Gasteiger partial charge in [0.2, 0.25) is 10.0 Å². The molecule has 0 N–H and O–H groups in total. The quantitative estimate of drug-likeness (QED) is 0.687. The summed E-state index contributed by atoms with van der Waals surface area (Å²) in [4.78, 5) is 4.98. The van der Waals surface area contributed by atoms with Crippen molar-refractivity contribution < 1.29 is 8.42 Å². The number of benzene rings is 1. The molecule has 27 heavy (non-hydrogen) atoms. The molecule has 0 amide bonds. The van der Waals surface area contributed by atoms with E-state index in [0.29, 0.717) is 29.8 Å². The summed E-state index contributed by atoms with van der Waals surface area (Å²) in [7, 11) is -3.50. The Morgan fingerprint density at radius 1 is 1.04 bits per heavy atom. The Morgan fingerprint density at radius 3 is 2.52 bits per heavy atom. The summed E-state index contributed by atoms with van der Waals surface area (Å²) in [5, 5.41) is 0. The lowest BCUT2D eigenvalue weighted by atomic mass is 9.94. The average molecular weight is 384 g/mol. The van der Waals surface area contributed by atoms with Crippen LogP contribution in [0.15, 0.2) is 53.7 Å². The fraction of sp³-hybridized carbons (Fsp3) is 0.381. The van der Waals surface area contributed by atoms with Gasteiger partial charge in [-0.05, 0) is 48.9 Å². The second-order valence-electron chi connectivity index (χ2n) is 7.89. The zero-order valence-corrected chi connectivity index (χ0v) is 16.8. The molecule has 4 rings (SSSR count). The second kappa shape index (κ2) is 6.77. The van der Waals surface area contributed by atoms with E-state index in [0.717, 1.165) is 28.9 Å². The maximum atomic E-state index is 13.2. The lowest BCUT2D eigenvalue weighted by Gasteiger charge is -2.34. The Hall–Kier alpha value is -2.18. The van der Waals surface area contributed by atoms with Gasteiger partial charge in [-0.1, -0.05) is 32.0 Å². The van der Waals surface area contributed by atoms with Gasteiger partial charge in [0.25, 0.3) is 0 Å². The Balaban J connectivity index is 1.71. The maximum Gasteiger partial charge on any atom is 0.243 e. The third-order valence-corrected chi connectivity index (χ3v) is 7.03. The topological polar surface area (TPSA) is 54.7 Å². The normalized spacial score (nSPS) is 21.6.